The van der Waals surface area contributed by atoms with Crippen molar-refractivity contribution in [3.8, 4) is 0 Å². The van der Waals surface area contributed by atoms with Crippen LogP contribution in [0.2, 0.25) is 0 Å². The molecule has 0 radical (unpaired) electrons. The molecule has 1 fully saturated rings. The first kappa shape index (κ1) is 34.2. The van der Waals surface area contributed by atoms with Crippen LogP contribution in [0.25, 0.3) is 0 Å². The van der Waals surface area contributed by atoms with Crippen LogP contribution in [-0.2, 0) is 19.2 Å². The Kier molecular flexibility index (Phi) is 8.78. The normalized spacial score (nSPS) is 17.1. The van der Waals surface area contributed by atoms with Gasteiger partial charge >= 0.3 is 53.8 Å². The van der Waals surface area contributed by atoms with Crippen LogP contribution in [0.3, 0.4) is 0 Å². The van der Waals surface area contributed by atoms with Gasteiger partial charge in [-0.05, 0) is 6.42 Å². The van der Waals surface area contributed by atoms with E-state index in [0.717, 1.165) is 0 Å². The fraction of sp³-hybridized carbons (Fsp3) is 0.812. The lowest BCUT2D eigenvalue weighted by atomic mass is 9.88. The van der Waals surface area contributed by atoms with E-state index in [1.54, 1.807) is 0 Å². The quantitative estimate of drug-likeness (QED) is 0.123. The van der Waals surface area contributed by atoms with Crippen LogP contribution in [0, 0.1) is 0 Å². The minimum atomic E-state index is -8.72. The van der Waals surface area contributed by atoms with Crippen molar-refractivity contribution in [1.29, 1.82) is 0 Å². The number of amides is 2. The number of imide groups is 1. The fourth-order valence-electron chi connectivity index (χ4n) is 2.56. The Morgan fingerprint density at radius 3 is 1.36 bits per heavy atom. The van der Waals surface area contributed by atoms with Crippen LogP contribution in [0.4, 0.5) is 79.4 Å². The molecule has 1 aliphatic heterocycles. The molecule has 0 spiro atoms. The van der Waals surface area contributed by atoms with Crippen molar-refractivity contribution in [3.05, 3.63) is 0 Å². The number of hydrogen-bond acceptors (Lipinski definition) is 5. The number of alkyl halides is 17. The predicted octanol–water partition coefficient (Wildman–Crippen LogP) is 5.99. The highest BCUT2D eigenvalue weighted by Gasteiger charge is 2.95. The third-order valence-corrected chi connectivity index (χ3v) is 4.81. The third kappa shape index (κ3) is 5.35. The van der Waals surface area contributed by atoms with Gasteiger partial charge in [0.2, 0.25) is 0 Å². The van der Waals surface area contributed by atoms with Crippen molar-refractivity contribution >= 4 is 18.0 Å². The summed E-state index contributed by atoms with van der Waals surface area (Å²) in [7, 11) is 0. The maximum atomic E-state index is 13.7. The Bertz CT molecular complexity index is 945. The van der Waals surface area contributed by atoms with Gasteiger partial charge in [0.15, 0.2) is 0 Å². The molecule has 0 aliphatic carbocycles. The zero-order valence-corrected chi connectivity index (χ0v) is 17.9. The summed E-state index contributed by atoms with van der Waals surface area (Å²) in [5.74, 6) is -59.4. The molecule has 0 aromatic carbocycles. The first-order valence-corrected chi connectivity index (χ1v) is 9.46. The largest absolute Gasteiger partial charge is 0.533 e. The molecule has 1 aliphatic rings. The third-order valence-electron chi connectivity index (χ3n) is 4.81. The molecular formula is C16H10F17NO5. The molecule has 0 aromatic heterocycles. The lowest BCUT2D eigenvalue weighted by Crippen LogP contribution is -2.74. The smallest absolute Gasteiger partial charge is 0.433 e. The topological polar surface area (TPSA) is 72.9 Å². The van der Waals surface area contributed by atoms with Gasteiger partial charge in [0.05, 0.1) is 6.61 Å². The summed E-state index contributed by atoms with van der Waals surface area (Å²) in [5.41, 5.74) is 0. The molecule has 0 atom stereocenters. The van der Waals surface area contributed by atoms with Gasteiger partial charge in [-0.3, -0.25) is 14.4 Å². The highest BCUT2D eigenvalue weighted by atomic mass is 19.4. The van der Waals surface area contributed by atoms with E-state index in [-0.39, 0.29) is 5.06 Å². The number of nitrogens with zero attached hydrogens (tertiary/aromatic N) is 1. The summed E-state index contributed by atoms with van der Waals surface area (Å²) >= 11 is 0. The Morgan fingerprint density at radius 1 is 0.615 bits per heavy atom. The summed E-state index contributed by atoms with van der Waals surface area (Å²) in [6.07, 6.45) is -15.4. The Morgan fingerprint density at radius 2 is 0.974 bits per heavy atom. The molecule has 0 saturated carbocycles. The van der Waals surface area contributed by atoms with E-state index in [0.29, 0.717) is 0 Å². The molecule has 0 unspecified atom stereocenters. The van der Waals surface area contributed by atoms with Crippen LogP contribution in [0.1, 0.15) is 25.7 Å². The Hall–Kier alpha value is -2.78. The Labute approximate surface area is 202 Å². The van der Waals surface area contributed by atoms with Crippen LogP contribution in [0.5, 0.6) is 0 Å². The zero-order valence-electron chi connectivity index (χ0n) is 17.9. The highest BCUT2D eigenvalue weighted by molar-refractivity contribution is 6.01. The first-order chi connectivity index (χ1) is 17.0. The lowest BCUT2D eigenvalue weighted by molar-refractivity contribution is -0.461. The molecule has 0 N–H and O–H groups in total. The van der Waals surface area contributed by atoms with Crippen LogP contribution >= 0.6 is 0 Å². The monoisotopic (exact) mass is 619 g/mol. The van der Waals surface area contributed by atoms with Crippen molar-refractivity contribution in [3.63, 3.8) is 0 Å². The van der Waals surface area contributed by atoms with E-state index in [9.17, 15) is 89.0 Å². The molecule has 23 heteroatoms. The molecule has 228 valence electrons. The van der Waals surface area contributed by atoms with Gasteiger partial charge < -0.3 is 4.74 Å². The zero-order chi connectivity index (χ0) is 31.3. The van der Waals surface area contributed by atoms with Crippen LogP contribution in [0.15, 0.2) is 0 Å². The molecular weight excluding hydrogens is 609 g/mol. The summed E-state index contributed by atoms with van der Waals surface area (Å²) in [4.78, 5) is 37.5. The van der Waals surface area contributed by atoms with Crippen molar-refractivity contribution in [1.82, 2.24) is 5.06 Å². The standard InChI is InChI=1S/C16H10F17NO5/c17-9(18,4-1-5-38-8(37)39-34-6(35)2-3-7(34)36)10(19,20)11(21,22)12(23,24)13(25,26)14(27,28)15(29,30)16(31,32)33/h1-5H2. The number of hydroxylamine groups is 2. The van der Waals surface area contributed by atoms with Crippen molar-refractivity contribution in [2.45, 2.75) is 73.3 Å². The van der Waals surface area contributed by atoms with Gasteiger partial charge in [0.1, 0.15) is 0 Å². The second-order valence-corrected chi connectivity index (χ2v) is 7.52. The molecule has 0 bridgehead atoms. The van der Waals surface area contributed by atoms with E-state index >= 15 is 0 Å². The number of rotatable bonds is 11. The Balaban J connectivity index is 3.09. The molecule has 1 heterocycles. The van der Waals surface area contributed by atoms with Gasteiger partial charge in [-0.25, -0.2) is 4.79 Å². The van der Waals surface area contributed by atoms with Crippen molar-refractivity contribution < 1.29 is 98.6 Å². The van der Waals surface area contributed by atoms with E-state index in [1.165, 1.54) is 0 Å². The van der Waals surface area contributed by atoms with E-state index < -0.39 is 97.9 Å². The van der Waals surface area contributed by atoms with Gasteiger partial charge in [0.25, 0.3) is 11.8 Å². The van der Waals surface area contributed by atoms with E-state index in [4.69, 9.17) is 0 Å². The minimum Gasteiger partial charge on any atom is -0.433 e. The maximum Gasteiger partial charge on any atom is 0.533 e. The number of hydrogen-bond donors (Lipinski definition) is 0. The minimum absolute atomic E-state index is 0.189. The molecule has 1 rings (SSSR count). The SMILES string of the molecule is O=C(OCCCC(F)(F)C(F)(F)C(F)(F)C(F)(F)C(F)(F)C(F)(F)C(F)(F)C(F)(F)F)ON1C(=O)CCC1=O. The summed E-state index contributed by atoms with van der Waals surface area (Å²) in [6.45, 7) is -1.57. The van der Waals surface area contributed by atoms with Gasteiger partial charge in [-0.2, -0.15) is 74.6 Å². The first-order valence-electron chi connectivity index (χ1n) is 9.46. The molecule has 1 saturated heterocycles. The van der Waals surface area contributed by atoms with Gasteiger partial charge in [0, 0.05) is 19.3 Å². The highest BCUT2D eigenvalue weighted by Crippen LogP contribution is 2.64. The predicted molar refractivity (Wildman–Crippen MR) is 83.4 cm³/mol. The fourth-order valence-corrected chi connectivity index (χ4v) is 2.56. The number of carbonyl (C=O) groups excluding carboxylic acids is 3. The van der Waals surface area contributed by atoms with Gasteiger partial charge in [-0.1, -0.05) is 5.06 Å². The number of carbonyl (C=O) groups is 3. The van der Waals surface area contributed by atoms with Crippen LogP contribution < -0.4 is 0 Å². The number of halogens is 17. The molecule has 0 aromatic rings. The van der Waals surface area contributed by atoms with E-state index in [2.05, 4.69) is 9.57 Å². The number of ether oxygens (including phenoxy) is 1. The molecule has 39 heavy (non-hydrogen) atoms. The average Bonchev–Trinajstić information content (AvgIpc) is 3.07. The summed E-state index contributed by atoms with van der Waals surface area (Å²) in [5, 5.41) is -0.189. The van der Waals surface area contributed by atoms with Gasteiger partial charge in [-0.15, -0.1) is 0 Å². The lowest BCUT2D eigenvalue weighted by Gasteiger charge is -2.42. The second kappa shape index (κ2) is 10.0. The van der Waals surface area contributed by atoms with Crippen LogP contribution in [-0.4, -0.2) is 77.3 Å². The average molecular weight is 619 g/mol. The second-order valence-electron chi connectivity index (χ2n) is 7.52. The summed E-state index contributed by atoms with van der Waals surface area (Å²) in [6, 6.07) is 0. The molecule has 6 nitrogen and oxygen atoms in total. The van der Waals surface area contributed by atoms with Crippen molar-refractivity contribution in [2.75, 3.05) is 6.61 Å². The molecule has 2 amide bonds. The summed E-state index contributed by atoms with van der Waals surface area (Å²) < 4.78 is 227. The van der Waals surface area contributed by atoms with Crippen molar-refractivity contribution in [2.24, 2.45) is 0 Å². The van der Waals surface area contributed by atoms with E-state index in [1.807, 2.05) is 0 Å². The maximum absolute atomic E-state index is 13.7.